The highest BCUT2D eigenvalue weighted by molar-refractivity contribution is 5.79. The summed E-state index contributed by atoms with van der Waals surface area (Å²) >= 11 is 0. The summed E-state index contributed by atoms with van der Waals surface area (Å²) in [5.41, 5.74) is -4.60. The van der Waals surface area contributed by atoms with E-state index in [2.05, 4.69) is 27.7 Å². The van der Waals surface area contributed by atoms with Crippen molar-refractivity contribution < 1.29 is 57.2 Å². The van der Waals surface area contributed by atoms with E-state index in [-0.39, 0.29) is 65.3 Å². The second-order valence-electron chi connectivity index (χ2n) is 33.5. The van der Waals surface area contributed by atoms with Gasteiger partial charge < -0.3 is 28.4 Å². The van der Waals surface area contributed by atoms with Gasteiger partial charge in [-0.3, -0.25) is 28.8 Å². The Morgan fingerprint density at radius 1 is 0.186 bits per heavy atom. The lowest BCUT2D eigenvalue weighted by molar-refractivity contribution is -0.180. The lowest BCUT2D eigenvalue weighted by atomic mass is 9.69. The van der Waals surface area contributed by atoms with Crippen molar-refractivity contribution in [3.63, 3.8) is 0 Å². The fraction of sp³-hybridized carbons (Fsp3) is 0.933. The molecule has 0 aliphatic carbocycles. The van der Waals surface area contributed by atoms with E-state index >= 15 is 0 Å². The Morgan fingerprint density at radius 3 is 0.461 bits per heavy atom. The van der Waals surface area contributed by atoms with Gasteiger partial charge in [-0.25, -0.2) is 0 Å². The van der Waals surface area contributed by atoms with Gasteiger partial charge in [-0.05, 0) is 44.9 Å². The average molecular weight is 1440 g/mol. The maximum atomic E-state index is 14.5. The van der Waals surface area contributed by atoms with Gasteiger partial charge in [0.15, 0.2) is 0 Å². The maximum absolute atomic E-state index is 14.5. The minimum Gasteiger partial charge on any atom is -0.464 e. The van der Waals surface area contributed by atoms with Crippen molar-refractivity contribution in [3.8, 4) is 0 Å². The molecule has 0 bridgehead atoms. The van der Waals surface area contributed by atoms with Crippen LogP contribution in [0, 0.1) is 21.7 Å². The van der Waals surface area contributed by atoms with E-state index in [4.69, 9.17) is 28.4 Å². The zero-order chi connectivity index (χ0) is 75.2. The van der Waals surface area contributed by atoms with Crippen molar-refractivity contribution in [2.75, 3.05) is 39.6 Å². The molecular formula is C90H170O12. The molecule has 0 spiro atoms. The van der Waals surface area contributed by atoms with Gasteiger partial charge in [0.1, 0.15) is 50.5 Å². The summed E-state index contributed by atoms with van der Waals surface area (Å²) in [5, 5.41) is 0. The largest absolute Gasteiger partial charge is 0.464 e. The van der Waals surface area contributed by atoms with Crippen LogP contribution in [0.25, 0.3) is 0 Å². The first-order chi connectivity index (χ1) is 49.3. The first-order valence-corrected chi connectivity index (χ1v) is 44.3. The minimum absolute atomic E-state index is 0.183. The van der Waals surface area contributed by atoms with Gasteiger partial charge in [-0.15, -0.1) is 0 Å². The van der Waals surface area contributed by atoms with Crippen molar-refractivity contribution in [1.82, 2.24) is 0 Å². The molecular weight excluding hydrogens is 1270 g/mol. The standard InChI is InChI=1S/C90H170O12/c1-11-15-19-23-27-31-35-39-43-47-51-55-59-63-67-71-81(91)97-75-88(8,76-98-82(92)72-68-64-60-56-52-48-44-40-36-32-28-24-20-16-12-2)85(95)101-79-90(10,87(5,6)7)80-102-86(96)89(9,77-99-83(93)73-69-65-61-57-53-49-45-41-37-33-29-25-21-17-13-3)78-100-84(94)74-70-66-62-58-54-50-46-42-38-34-30-26-22-18-14-4/h11-80H2,1-10H3. The lowest BCUT2D eigenvalue weighted by Crippen LogP contribution is -2.47. The number of carbonyl (C=O) groups is 6. The van der Waals surface area contributed by atoms with Gasteiger partial charge in [-0.1, -0.05) is 415 Å². The van der Waals surface area contributed by atoms with Crippen LogP contribution in [-0.4, -0.2) is 75.5 Å². The molecule has 0 heterocycles. The number of carbonyl (C=O) groups excluding carboxylic acids is 6. The molecule has 0 aromatic carbocycles. The fourth-order valence-corrected chi connectivity index (χ4v) is 13.4. The topological polar surface area (TPSA) is 158 Å². The predicted octanol–water partition coefficient (Wildman–Crippen LogP) is 27.4. The minimum atomic E-state index is -1.52. The maximum Gasteiger partial charge on any atom is 0.318 e. The average Bonchev–Trinajstić information content (AvgIpc) is 0.805. The van der Waals surface area contributed by atoms with Crippen LogP contribution in [0.3, 0.4) is 0 Å². The van der Waals surface area contributed by atoms with E-state index in [1.54, 1.807) is 13.8 Å². The van der Waals surface area contributed by atoms with Crippen LogP contribution in [-0.2, 0) is 57.2 Å². The first kappa shape index (κ1) is 98.8. The summed E-state index contributed by atoms with van der Waals surface area (Å²) in [6.07, 6.45) is 74.3. The van der Waals surface area contributed by atoms with Crippen molar-refractivity contribution in [1.29, 1.82) is 0 Å². The summed E-state index contributed by atoms with van der Waals surface area (Å²) in [7, 11) is 0. The highest BCUT2D eigenvalue weighted by Gasteiger charge is 2.46. The molecule has 0 aliphatic heterocycles. The van der Waals surface area contributed by atoms with Gasteiger partial charge in [-0.2, -0.15) is 0 Å². The lowest BCUT2D eigenvalue weighted by Gasteiger charge is -2.42. The third kappa shape index (κ3) is 59.9. The van der Waals surface area contributed by atoms with Crippen LogP contribution in [0.1, 0.15) is 480 Å². The van der Waals surface area contributed by atoms with Crippen molar-refractivity contribution in [2.45, 2.75) is 480 Å². The summed E-state index contributed by atoms with van der Waals surface area (Å²) in [4.78, 5) is 82.3. The van der Waals surface area contributed by atoms with Crippen molar-refractivity contribution in [2.24, 2.45) is 21.7 Å². The van der Waals surface area contributed by atoms with Crippen LogP contribution < -0.4 is 0 Å². The Balaban J connectivity index is 5.85. The van der Waals surface area contributed by atoms with Crippen molar-refractivity contribution in [3.05, 3.63) is 0 Å². The third-order valence-electron chi connectivity index (χ3n) is 22.0. The molecule has 0 N–H and O–H groups in total. The molecule has 0 atom stereocenters. The Kier molecular flexibility index (Phi) is 67.4. The highest BCUT2D eigenvalue weighted by Crippen LogP contribution is 2.40. The zero-order valence-corrected chi connectivity index (χ0v) is 69.4. The van der Waals surface area contributed by atoms with Gasteiger partial charge in [0.2, 0.25) is 0 Å². The van der Waals surface area contributed by atoms with Gasteiger partial charge in [0.25, 0.3) is 0 Å². The number of rotatable bonds is 78. The van der Waals surface area contributed by atoms with Crippen LogP contribution in [0.15, 0.2) is 0 Å². The first-order valence-electron chi connectivity index (χ1n) is 44.3. The number of unbranched alkanes of at least 4 members (excludes halogenated alkanes) is 56. The SMILES string of the molecule is CCCCCCCCCCCCCCCCCC(=O)OCC(C)(COC(=O)CCCCCCCCCCCCCCCCC)C(=O)OCC(C)(COC(=O)C(C)(COC(=O)CCCCCCCCCCCCCCCCC)COC(=O)CCCCCCCCCCCCCCCCC)C(C)(C)C. The monoisotopic (exact) mass is 1440 g/mol. The van der Waals surface area contributed by atoms with E-state index in [1.165, 1.54) is 283 Å². The van der Waals surface area contributed by atoms with Crippen molar-refractivity contribution >= 4 is 35.8 Å². The van der Waals surface area contributed by atoms with Crippen LogP contribution in [0.2, 0.25) is 0 Å². The number of esters is 6. The summed E-state index contributed by atoms with van der Waals surface area (Å²) < 4.78 is 35.7. The molecule has 12 nitrogen and oxygen atoms in total. The second kappa shape index (κ2) is 69.6. The summed E-state index contributed by atoms with van der Waals surface area (Å²) in [5.74, 6) is -3.03. The fourth-order valence-electron chi connectivity index (χ4n) is 13.4. The Labute approximate surface area is 631 Å². The second-order valence-corrected chi connectivity index (χ2v) is 33.5. The van der Waals surface area contributed by atoms with Crippen LogP contribution in [0.4, 0.5) is 0 Å². The molecule has 0 aliphatic rings. The quantitative estimate of drug-likeness (QED) is 0.0323. The van der Waals surface area contributed by atoms with Gasteiger partial charge >= 0.3 is 35.8 Å². The highest BCUT2D eigenvalue weighted by atomic mass is 16.6. The molecule has 0 aromatic heterocycles. The third-order valence-corrected chi connectivity index (χ3v) is 22.0. The Morgan fingerprint density at radius 2 is 0.324 bits per heavy atom. The molecule has 0 amide bonds. The summed E-state index contributed by atoms with van der Waals surface area (Å²) in [6, 6.07) is 0. The predicted molar refractivity (Wildman–Crippen MR) is 428 cm³/mol. The zero-order valence-electron chi connectivity index (χ0n) is 69.4. The molecule has 102 heavy (non-hydrogen) atoms. The molecule has 0 unspecified atom stereocenters. The Bertz CT molecular complexity index is 1720. The molecule has 0 radical (unpaired) electrons. The molecule has 0 fully saturated rings. The van der Waals surface area contributed by atoms with Gasteiger partial charge in [0.05, 0.1) is 0 Å². The smallest absolute Gasteiger partial charge is 0.318 e. The Hall–Kier alpha value is -3.18. The van der Waals surface area contributed by atoms with E-state index in [0.29, 0.717) is 25.7 Å². The van der Waals surface area contributed by atoms with E-state index < -0.39 is 57.5 Å². The number of ether oxygens (including phenoxy) is 6. The van der Waals surface area contributed by atoms with E-state index in [9.17, 15) is 28.8 Å². The van der Waals surface area contributed by atoms with E-state index in [0.717, 1.165) is 77.0 Å². The molecule has 0 saturated heterocycles. The normalized spacial score (nSPS) is 12.1. The molecule has 0 rings (SSSR count). The molecule has 0 aromatic rings. The van der Waals surface area contributed by atoms with Gasteiger partial charge in [0, 0.05) is 31.1 Å². The molecule has 12 heteroatoms. The molecule has 602 valence electrons. The van der Waals surface area contributed by atoms with Crippen LogP contribution in [0.5, 0.6) is 0 Å². The van der Waals surface area contributed by atoms with E-state index in [1.807, 2.05) is 27.7 Å². The molecule has 0 saturated carbocycles. The number of hydrogen-bond acceptors (Lipinski definition) is 12. The number of hydrogen-bond donors (Lipinski definition) is 0. The summed E-state index contributed by atoms with van der Waals surface area (Å²) in [6.45, 7) is 18.4. The van der Waals surface area contributed by atoms with Crippen LogP contribution >= 0.6 is 0 Å².